The number of carboxylic acid groups (broad SMARTS) is 1. The average molecular weight is 177 g/mol. The molecule has 68 valence electrons. The van der Waals surface area contributed by atoms with Crippen LogP contribution in [0.25, 0.3) is 0 Å². The molecular formula is C7H9F2NO2. The zero-order chi connectivity index (χ0) is 9.15. The first-order valence-corrected chi connectivity index (χ1v) is 3.81. The summed E-state index contributed by atoms with van der Waals surface area (Å²) in [5.74, 6) is -5.79. The molecule has 0 heterocycles. The van der Waals surface area contributed by atoms with E-state index in [9.17, 15) is 13.6 Å². The normalized spacial score (nSPS) is 48.6. The van der Waals surface area contributed by atoms with Crippen LogP contribution in [0.5, 0.6) is 0 Å². The summed E-state index contributed by atoms with van der Waals surface area (Å²) in [6, 6.07) is 0. The number of fused-ring (bicyclic) bond motifs is 1. The van der Waals surface area contributed by atoms with E-state index in [1.165, 1.54) is 0 Å². The fourth-order valence-corrected chi connectivity index (χ4v) is 2.33. The van der Waals surface area contributed by atoms with Crippen LogP contribution in [0.3, 0.4) is 0 Å². The zero-order valence-electron chi connectivity index (χ0n) is 6.26. The largest absolute Gasteiger partial charge is 0.480 e. The van der Waals surface area contributed by atoms with Crippen molar-refractivity contribution in [2.45, 2.75) is 24.3 Å². The highest BCUT2D eigenvalue weighted by molar-refractivity contribution is 5.84. The summed E-state index contributed by atoms with van der Waals surface area (Å²) in [4.78, 5) is 10.5. The highest BCUT2D eigenvalue weighted by atomic mass is 19.3. The van der Waals surface area contributed by atoms with Crippen molar-refractivity contribution in [3.05, 3.63) is 0 Å². The lowest BCUT2D eigenvalue weighted by Crippen LogP contribution is -2.42. The SMILES string of the molecule is N[C@@]1(C(=O)O)[C@@H]2[C@@H]1CCC2(F)F. The second-order valence-electron chi connectivity index (χ2n) is 3.62. The standard InChI is InChI=1S/C7H9F2NO2/c8-6(9)2-1-3-4(6)7(3,10)5(11)12/h3-4H,1-2,10H2,(H,11,12)/t3-,4+,7+/m0/s1. The molecule has 0 amide bonds. The van der Waals surface area contributed by atoms with E-state index in [-0.39, 0.29) is 12.8 Å². The van der Waals surface area contributed by atoms with Crippen LogP contribution in [0.1, 0.15) is 12.8 Å². The Labute approximate surface area is 67.5 Å². The molecule has 0 aromatic carbocycles. The Morgan fingerprint density at radius 1 is 1.58 bits per heavy atom. The lowest BCUT2D eigenvalue weighted by atomic mass is 10.0. The smallest absolute Gasteiger partial charge is 0.324 e. The van der Waals surface area contributed by atoms with Crippen LogP contribution in [0.2, 0.25) is 0 Å². The molecule has 0 saturated heterocycles. The van der Waals surface area contributed by atoms with Crippen molar-refractivity contribution in [2.75, 3.05) is 0 Å². The van der Waals surface area contributed by atoms with Crippen molar-refractivity contribution >= 4 is 5.97 Å². The predicted octanol–water partition coefficient (Wildman–Crippen LogP) is 0.444. The monoisotopic (exact) mass is 177 g/mol. The quantitative estimate of drug-likeness (QED) is 0.611. The molecule has 0 aromatic heterocycles. The van der Waals surface area contributed by atoms with Crippen molar-refractivity contribution in [1.29, 1.82) is 0 Å². The molecular weight excluding hydrogens is 168 g/mol. The van der Waals surface area contributed by atoms with Gasteiger partial charge in [-0.05, 0) is 12.3 Å². The molecule has 0 spiro atoms. The molecule has 2 aliphatic carbocycles. The first-order valence-electron chi connectivity index (χ1n) is 3.81. The second-order valence-corrected chi connectivity index (χ2v) is 3.62. The highest BCUT2D eigenvalue weighted by Gasteiger charge is 2.79. The van der Waals surface area contributed by atoms with Gasteiger partial charge in [-0.15, -0.1) is 0 Å². The molecule has 2 aliphatic rings. The molecule has 3 atom stereocenters. The lowest BCUT2D eigenvalue weighted by Gasteiger charge is -2.16. The first kappa shape index (κ1) is 7.91. The van der Waals surface area contributed by atoms with Crippen LogP contribution in [0.4, 0.5) is 8.78 Å². The third-order valence-electron chi connectivity index (χ3n) is 3.04. The Hall–Kier alpha value is -0.710. The maximum absolute atomic E-state index is 12.9. The van der Waals surface area contributed by atoms with Gasteiger partial charge in [0.1, 0.15) is 5.54 Å². The highest BCUT2D eigenvalue weighted by Crippen LogP contribution is 2.65. The van der Waals surface area contributed by atoms with Gasteiger partial charge < -0.3 is 10.8 Å². The average Bonchev–Trinajstić information content (AvgIpc) is 2.41. The molecule has 0 radical (unpaired) electrons. The minimum absolute atomic E-state index is 0.214. The van der Waals surface area contributed by atoms with Gasteiger partial charge in [0.15, 0.2) is 0 Å². The molecule has 2 fully saturated rings. The van der Waals surface area contributed by atoms with Crippen molar-refractivity contribution in [3.8, 4) is 0 Å². The fourth-order valence-electron chi connectivity index (χ4n) is 2.33. The van der Waals surface area contributed by atoms with Crippen LogP contribution in [-0.4, -0.2) is 22.5 Å². The second kappa shape index (κ2) is 1.79. The number of alkyl halides is 2. The van der Waals surface area contributed by atoms with E-state index >= 15 is 0 Å². The van der Waals surface area contributed by atoms with Crippen molar-refractivity contribution in [3.63, 3.8) is 0 Å². The van der Waals surface area contributed by atoms with Crippen LogP contribution in [0.15, 0.2) is 0 Å². The van der Waals surface area contributed by atoms with E-state index in [1.807, 2.05) is 0 Å². The number of aliphatic carboxylic acids is 1. The number of hydrogen-bond acceptors (Lipinski definition) is 2. The third-order valence-corrected chi connectivity index (χ3v) is 3.04. The molecule has 0 unspecified atom stereocenters. The van der Waals surface area contributed by atoms with Crippen molar-refractivity contribution in [2.24, 2.45) is 17.6 Å². The molecule has 2 rings (SSSR count). The van der Waals surface area contributed by atoms with Crippen LogP contribution < -0.4 is 5.73 Å². The number of nitrogens with two attached hydrogens (primary N) is 1. The number of carbonyl (C=O) groups is 1. The van der Waals surface area contributed by atoms with Gasteiger partial charge in [0.2, 0.25) is 0 Å². The van der Waals surface area contributed by atoms with E-state index in [2.05, 4.69) is 0 Å². The molecule has 3 nitrogen and oxygen atoms in total. The molecule has 12 heavy (non-hydrogen) atoms. The summed E-state index contributed by atoms with van der Waals surface area (Å²) in [6.07, 6.45) is 0.0228. The maximum atomic E-state index is 12.9. The van der Waals surface area contributed by atoms with E-state index in [4.69, 9.17) is 10.8 Å². The summed E-state index contributed by atoms with van der Waals surface area (Å²) in [5, 5.41) is 8.59. The van der Waals surface area contributed by atoms with Crippen LogP contribution in [-0.2, 0) is 4.79 Å². The van der Waals surface area contributed by atoms with Gasteiger partial charge in [0.25, 0.3) is 5.92 Å². The Morgan fingerprint density at radius 2 is 2.17 bits per heavy atom. The van der Waals surface area contributed by atoms with Gasteiger partial charge in [-0.2, -0.15) is 0 Å². The van der Waals surface area contributed by atoms with Gasteiger partial charge in [0, 0.05) is 6.42 Å². The van der Waals surface area contributed by atoms with E-state index < -0.39 is 29.3 Å². The predicted molar refractivity (Wildman–Crippen MR) is 35.7 cm³/mol. The molecule has 0 aliphatic heterocycles. The Kier molecular flexibility index (Phi) is 1.18. The number of carboxylic acids is 1. The van der Waals surface area contributed by atoms with Gasteiger partial charge in [0.05, 0.1) is 5.92 Å². The third kappa shape index (κ3) is 0.652. The van der Waals surface area contributed by atoms with Crippen molar-refractivity contribution in [1.82, 2.24) is 0 Å². The minimum atomic E-state index is -2.86. The number of rotatable bonds is 1. The van der Waals surface area contributed by atoms with Gasteiger partial charge in [-0.25, -0.2) is 8.78 Å². The van der Waals surface area contributed by atoms with Crippen LogP contribution in [0, 0.1) is 11.8 Å². The lowest BCUT2D eigenvalue weighted by molar-refractivity contribution is -0.143. The van der Waals surface area contributed by atoms with Crippen LogP contribution >= 0.6 is 0 Å². The Morgan fingerprint density at radius 3 is 2.42 bits per heavy atom. The fraction of sp³-hybridized carbons (Fsp3) is 0.857. The van der Waals surface area contributed by atoms with E-state index in [0.29, 0.717) is 0 Å². The van der Waals surface area contributed by atoms with E-state index in [0.717, 1.165) is 0 Å². The Bertz CT molecular complexity index is 256. The number of halogens is 2. The molecule has 5 heteroatoms. The van der Waals surface area contributed by atoms with Gasteiger partial charge >= 0.3 is 5.97 Å². The molecule has 0 aromatic rings. The van der Waals surface area contributed by atoms with Crippen molar-refractivity contribution < 1.29 is 18.7 Å². The summed E-state index contributed by atoms with van der Waals surface area (Å²) in [6.45, 7) is 0. The van der Waals surface area contributed by atoms with Gasteiger partial charge in [-0.1, -0.05) is 0 Å². The maximum Gasteiger partial charge on any atom is 0.324 e. The summed E-state index contributed by atoms with van der Waals surface area (Å²) in [7, 11) is 0. The summed E-state index contributed by atoms with van der Waals surface area (Å²) >= 11 is 0. The zero-order valence-corrected chi connectivity index (χ0v) is 6.26. The first-order chi connectivity index (χ1) is 5.40. The molecule has 3 N–H and O–H groups in total. The topological polar surface area (TPSA) is 63.3 Å². The Balaban J connectivity index is 2.26. The van der Waals surface area contributed by atoms with Gasteiger partial charge in [-0.3, -0.25) is 4.79 Å². The molecule has 0 bridgehead atoms. The summed E-state index contributed by atoms with van der Waals surface area (Å²) < 4.78 is 25.8. The number of hydrogen-bond donors (Lipinski definition) is 2. The van der Waals surface area contributed by atoms with E-state index in [1.54, 1.807) is 0 Å². The molecule has 2 saturated carbocycles. The summed E-state index contributed by atoms with van der Waals surface area (Å²) in [5.41, 5.74) is 3.70. The minimum Gasteiger partial charge on any atom is -0.480 e.